The number of hydrogen-bond acceptors (Lipinski definition) is 24. The van der Waals surface area contributed by atoms with Gasteiger partial charge in [-0.2, -0.15) is 0 Å². The molecule has 41 nitrogen and oxygen atoms in total. The number of fused-ring (bicyclic) bond motifs is 3. The van der Waals surface area contributed by atoms with Gasteiger partial charge in [0.2, 0.25) is 5.91 Å². The molecular formula is C64H94N20O21. The summed E-state index contributed by atoms with van der Waals surface area (Å²) < 4.78 is 0. The molecule has 6 heterocycles. The van der Waals surface area contributed by atoms with Crippen LogP contribution in [-0.2, 0) is 80.0 Å². The highest BCUT2D eigenvalue weighted by Crippen LogP contribution is 2.21. The van der Waals surface area contributed by atoms with Crippen molar-refractivity contribution in [3.05, 3.63) is 145 Å². The van der Waals surface area contributed by atoms with E-state index in [-0.39, 0.29) is 25.2 Å². The molecule has 0 aliphatic carbocycles. The van der Waals surface area contributed by atoms with Gasteiger partial charge < -0.3 is 149 Å². The number of carboxylic acids is 9. The fourth-order valence-electron chi connectivity index (χ4n) is 8.37. The summed E-state index contributed by atoms with van der Waals surface area (Å²) in [6, 6.07) is 15.4. The number of nitrogens with two attached hydrogens (primary N) is 11. The number of amides is 1. The molecule has 11 atom stereocenters. The Bertz CT molecular complexity index is 3720. The van der Waals surface area contributed by atoms with Gasteiger partial charge in [-0.3, -0.25) is 52.9 Å². The second kappa shape index (κ2) is 48.2. The maximum absolute atomic E-state index is 10.6. The van der Waals surface area contributed by atoms with Gasteiger partial charge in [-0.05, 0) is 54.7 Å². The maximum Gasteiger partial charge on any atom is 0.323 e. The number of aliphatic imine (C=N–C) groups is 1. The van der Waals surface area contributed by atoms with E-state index in [1.54, 1.807) is 12.4 Å². The van der Waals surface area contributed by atoms with Crippen molar-refractivity contribution in [2.45, 2.75) is 131 Å². The van der Waals surface area contributed by atoms with Crippen molar-refractivity contribution in [3.8, 4) is 0 Å². The van der Waals surface area contributed by atoms with Crippen molar-refractivity contribution in [3.63, 3.8) is 0 Å². The first kappa shape index (κ1) is 91.2. The largest absolute Gasteiger partial charge is 0.480 e. The van der Waals surface area contributed by atoms with E-state index < -0.39 is 126 Å². The zero-order chi connectivity index (χ0) is 79.6. The minimum atomic E-state index is -1.21. The number of guanidine groups is 1. The minimum absolute atomic E-state index is 0.0129. The Morgan fingerprint density at radius 1 is 0.476 bits per heavy atom. The standard InChI is InChI=1S/3C11H12N2O2.C6H14N4O2.2C6H9N3O2.C5H9NO3.C4H8N2O3.C4H9NO3/c3*12-9(11(14)15)5-7-6-13-10-4-2-1-3-8(7)10;7-4(5(11)12)2-1-3-10-6(8)9;2*7-5(6(10)11)1-4-2-8-3-9-4;7-3-1-4(5(8)9)6-2-3;5-2(4(8)9)1-3(6)7;1-2(6)3(5)4(7)8/h3*1-4,6,9,13H,5,12H2,(H,14,15);4H,1-3,7H2,(H,11,12)(H4,8,9,10);2*2-3,5H,1,7H2,(H,8,9)(H,10,11);3-4,6-7H,1-2H2,(H,8,9);2H,1,5H2,(H2,6,7)(H,8,9);2-3,6H,5H2,1H3,(H,7,8)/t3*9-;4-;2*5-;3-,4+;2-;2-,3+/m000000101/s1. The van der Waals surface area contributed by atoms with Gasteiger partial charge in [0, 0.05) is 127 Å². The molecule has 105 heavy (non-hydrogen) atoms. The number of hydrogen-bond donors (Lipinski definition) is 28. The van der Waals surface area contributed by atoms with E-state index in [4.69, 9.17) is 114 Å². The molecule has 0 spiro atoms. The average Bonchev–Trinajstić information content (AvgIpc) is 1.71. The molecule has 0 radical (unpaired) electrons. The molecular weight excluding hydrogens is 1380 g/mol. The number of aromatic nitrogens is 7. The number of carbonyl (C=O) groups excluding carboxylic acids is 1. The maximum atomic E-state index is 10.6. The van der Waals surface area contributed by atoms with Crippen molar-refractivity contribution in [2.24, 2.45) is 68.1 Å². The number of carboxylic acid groups (broad SMARTS) is 9. The van der Waals surface area contributed by atoms with Crippen LogP contribution < -0.4 is 68.4 Å². The van der Waals surface area contributed by atoms with Crippen LogP contribution in [0.3, 0.4) is 0 Å². The van der Waals surface area contributed by atoms with Crippen LogP contribution in [-0.4, -0.2) is 236 Å². The van der Waals surface area contributed by atoms with Gasteiger partial charge in [0.25, 0.3) is 0 Å². The number of carbonyl (C=O) groups is 10. The molecule has 1 fully saturated rings. The van der Waals surface area contributed by atoms with Gasteiger partial charge in [0.15, 0.2) is 5.96 Å². The van der Waals surface area contributed by atoms with Crippen molar-refractivity contribution in [1.82, 2.24) is 40.2 Å². The number of rotatable bonds is 26. The number of aromatic amines is 5. The Morgan fingerprint density at radius 3 is 1.04 bits per heavy atom. The molecule has 9 rings (SSSR count). The minimum Gasteiger partial charge on any atom is -0.480 e. The first-order valence-electron chi connectivity index (χ1n) is 31.4. The Hall–Kier alpha value is -11.8. The monoisotopic (exact) mass is 1480 g/mol. The number of H-pyrrole nitrogens is 5. The van der Waals surface area contributed by atoms with Crippen LogP contribution in [0.2, 0.25) is 0 Å². The quantitative estimate of drug-likeness (QED) is 0.0141. The summed E-state index contributed by atoms with van der Waals surface area (Å²) in [6.45, 7) is 2.15. The fraction of sp³-hybridized carbons (Fsp3) is 0.359. The van der Waals surface area contributed by atoms with Crippen LogP contribution in [0.25, 0.3) is 32.7 Å². The molecule has 576 valence electrons. The van der Waals surface area contributed by atoms with E-state index in [2.05, 4.69) is 50.9 Å². The molecule has 3 aromatic carbocycles. The topological polar surface area (TPSA) is 809 Å². The number of benzene rings is 3. The number of imidazole rings is 2. The lowest BCUT2D eigenvalue weighted by molar-refractivity contribution is -0.141. The summed E-state index contributed by atoms with van der Waals surface area (Å²) in [5.41, 5.74) is 64.1. The second-order valence-electron chi connectivity index (χ2n) is 22.8. The van der Waals surface area contributed by atoms with Crippen molar-refractivity contribution >= 4 is 98.3 Å². The smallest absolute Gasteiger partial charge is 0.323 e. The lowest BCUT2D eigenvalue weighted by atomic mass is 10.1. The Morgan fingerprint density at radius 2 is 0.810 bits per heavy atom. The van der Waals surface area contributed by atoms with Crippen molar-refractivity contribution in [2.75, 3.05) is 13.1 Å². The van der Waals surface area contributed by atoms with Gasteiger partial charge in [0.1, 0.15) is 54.4 Å². The van der Waals surface area contributed by atoms with Crippen LogP contribution in [0.5, 0.6) is 0 Å². The molecule has 1 amide bonds. The highest BCUT2D eigenvalue weighted by atomic mass is 16.4. The SMILES string of the molecule is C[C@@H](O)[C@H](N)C(=O)O.NC(=O)C[C@H](N)C(=O)O.NC(N)=NCCC[C@H](N)C(=O)O.N[C@@H](Cc1c[nH]c2ccccc12)C(=O)O.N[C@@H](Cc1c[nH]c2ccccc12)C(=O)O.N[C@@H](Cc1c[nH]c2ccccc12)C(=O)O.N[C@@H](Cc1cnc[nH]1)C(=O)O.N[C@@H](Cc1cnc[nH]1)C(=O)O.O=C(O)[C@@H]1C[C@@H](O)CN1. The Labute approximate surface area is 597 Å². The van der Waals surface area contributed by atoms with E-state index in [0.717, 1.165) is 60.8 Å². The summed E-state index contributed by atoms with van der Waals surface area (Å²) in [7, 11) is 0. The molecule has 41 heteroatoms. The van der Waals surface area contributed by atoms with Crippen LogP contribution in [0.1, 0.15) is 60.7 Å². The van der Waals surface area contributed by atoms with Crippen molar-refractivity contribution in [1.29, 1.82) is 0 Å². The third-order valence-electron chi connectivity index (χ3n) is 14.2. The van der Waals surface area contributed by atoms with E-state index in [1.807, 2.05) is 91.4 Å². The van der Waals surface area contributed by atoms with Crippen LogP contribution in [0.4, 0.5) is 0 Å². The number of nitrogens with zero attached hydrogens (tertiary/aromatic N) is 3. The molecule has 5 aromatic heterocycles. The number of aliphatic hydroxyl groups is 2. The van der Waals surface area contributed by atoms with Gasteiger partial charge in [-0.25, -0.2) is 9.97 Å². The normalized spacial score (nSPS) is 15.0. The summed E-state index contributed by atoms with van der Waals surface area (Å²) in [6.07, 6.45) is 12.7. The van der Waals surface area contributed by atoms with Crippen molar-refractivity contribution < 1.29 is 104 Å². The summed E-state index contributed by atoms with van der Waals surface area (Å²) in [4.78, 5) is 128. The van der Waals surface area contributed by atoms with E-state index in [1.165, 1.54) is 19.6 Å². The van der Waals surface area contributed by atoms with E-state index in [9.17, 15) is 47.9 Å². The van der Waals surface area contributed by atoms with Gasteiger partial charge in [0.05, 0.1) is 31.3 Å². The van der Waals surface area contributed by atoms with Crippen LogP contribution >= 0.6 is 0 Å². The molecule has 1 saturated heterocycles. The molecule has 0 unspecified atom stereocenters. The molecule has 1 aliphatic heterocycles. The van der Waals surface area contributed by atoms with Gasteiger partial charge >= 0.3 is 53.7 Å². The number of nitrogens with one attached hydrogen (secondary N) is 6. The highest BCUT2D eigenvalue weighted by molar-refractivity contribution is 5.87. The second-order valence-corrected chi connectivity index (χ2v) is 22.8. The molecule has 0 bridgehead atoms. The summed E-state index contributed by atoms with van der Waals surface area (Å²) in [5.74, 6) is -9.89. The first-order valence-corrected chi connectivity index (χ1v) is 31.4. The van der Waals surface area contributed by atoms with E-state index >= 15 is 0 Å². The van der Waals surface area contributed by atoms with Crippen LogP contribution in [0.15, 0.2) is 121 Å². The molecule has 39 N–H and O–H groups in total. The third-order valence-corrected chi connectivity index (χ3v) is 14.2. The Balaban J connectivity index is 0.000000596. The predicted molar refractivity (Wildman–Crippen MR) is 381 cm³/mol. The number of aliphatic carboxylic acids is 9. The predicted octanol–water partition coefficient (Wildman–Crippen LogP) is -3.61. The lowest BCUT2D eigenvalue weighted by Crippen LogP contribution is -2.39. The Kier molecular flexibility index (Phi) is 41.9. The third kappa shape index (κ3) is 37.1. The van der Waals surface area contributed by atoms with Gasteiger partial charge in [-0.1, -0.05) is 54.6 Å². The first-order chi connectivity index (χ1) is 49.3. The molecule has 8 aromatic rings. The summed E-state index contributed by atoms with van der Waals surface area (Å²) >= 11 is 0. The summed E-state index contributed by atoms with van der Waals surface area (Å²) in [5, 5.41) is 99.0. The molecule has 1 aliphatic rings. The number of para-hydroxylation sites is 3. The zero-order valence-corrected chi connectivity index (χ0v) is 56.8. The average molecular weight is 1480 g/mol. The van der Waals surface area contributed by atoms with Crippen LogP contribution in [0, 0.1) is 0 Å². The lowest BCUT2D eigenvalue weighted by Gasteiger charge is -2.06. The number of aliphatic hydroxyl groups excluding tert-OH is 2. The van der Waals surface area contributed by atoms with Gasteiger partial charge in [-0.15, -0.1) is 0 Å². The highest BCUT2D eigenvalue weighted by Gasteiger charge is 2.27. The van der Waals surface area contributed by atoms with E-state index in [0.29, 0.717) is 51.6 Å². The number of β-amino-alcohol motifs (C(OH)–C–C–N with tert-alkyl or cyclic N) is 1. The molecule has 0 saturated carbocycles. The number of primary amides is 1. The zero-order valence-electron chi connectivity index (χ0n) is 56.8. The fourth-order valence-corrected chi connectivity index (χ4v) is 8.37.